The highest BCUT2D eigenvalue weighted by molar-refractivity contribution is 6.38. The number of carbonyl (C=O) groups excluding carboxylic acids is 1. The molecular weight excluding hydrogens is 277 g/mol. The minimum atomic E-state index is -0.317. The number of benzene rings is 1. The predicted molar refractivity (Wildman–Crippen MR) is 71.3 cm³/mol. The molecule has 0 spiro atoms. The summed E-state index contributed by atoms with van der Waals surface area (Å²) < 4.78 is -0.317. The minimum Gasteiger partial charge on any atom is -0.381 e. The van der Waals surface area contributed by atoms with Gasteiger partial charge in [-0.25, -0.2) is 4.79 Å². The van der Waals surface area contributed by atoms with Gasteiger partial charge in [-0.2, -0.15) is 10.4 Å². The number of nitrogens with zero attached hydrogens (tertiary/aromatic N) is 2. The van der Waals surface area contributed by atoms with Crippen molar-refractivity contribution in [2.24, 2.45) is 11.0 Å². The van der Waals surface area contributed by atoms with Crippen LogP contribution in [-0.4, -0.2) is 37.4 Å². The quantitative estimate of drug-likeness (QED) is 0.302. The zero-order chi connectivity index (χ0) is 13.8. The van der Waals surface area contributed by atoms with Crippen LogP contribution < -0.4 is 5.84 Å². The largest absolute Gasteiger partial charge is 0.381 e. The highest BCUT2D eigenvalue weighted by atomic mass is 35.5. The summed E-state index contributed by atoms with van der Waals surface area (Å²) >= 11 is 11.8. The fourth-order valence-corrected chi connectivity index (χ4v) is 1.48. The monoisotopic (exact) mass is 290 g/mol. The molecule has 7 heteroatoms. The van der Waals surface area contributed by atoms with E-state index in [1.807, 2.05) is 0 Å². The van der Waals surface area contributed by atoms with E-state index in [2.05, 4.69) is 5.16 Å². The molecule has 1 aromatic rings. The Bertz CT molecular complexity index is 450. The van der Waals surface area contributed by atoms with Crippen molar-refractivity contribution in [2.75, 3.05) is 20.7 Å². The normalized spacial score (nSPS) is 11.8. The molecule has 2 N–H and O–H groups in total. The SMILES string of the molecule is C[N+](C)(N)C(=O)CO/N=C/c1c(Cl)cccc1Cl. The second kappa shape index (κ2) is 6.15. The van der Waals surface area contributed by atoms with Crippen LogP contribution in [0.5, 0.6) is 0 Å². The van der Waals surface area contributed by atoms with Gasteiger partial charge < -0.3 is 4.84 Å². The number of likely N-dealkylation sites (N-methyl/N-ethyl adjacent to an activating group) is 1. The lowest BCUT2D eigenvalue weighted by Crippen LogP contribution is -2.53. The standard InChI is InChI=1S/C11H14Cl2N3O2/c1-16(2,14)11(17)7-18-15-6-8-9(12)4-3-5-10(8)13/h3-6H,7,14H2,1-2H3/q+1/b15-6+. The van der Waals surface area contributed by atoms with Gasteiger partial charge >= 0.3 is 5.91 Å². The molecule has 5 nitrogen and oxygen atoms in total. The zero-order valence-corrected chi connectivity index (χ0v) is 11.6. The number of carbonyl (C=O) groups is 1. The van der Waals surface area contributed by atoms with E-state index in [0.29, 0.717) is 15.6 Å². The van der Waals surface area contributed by atoms with E-state index in [-0.39, 0.29) is 17.1 Å². The summed E-state index contributed by atoms with van der Waals surface area (Å²) in [5.41, 5.74) is 0.537. The number of nitrogens with two attached hydrogens (primary N) is 1. The highest BCUT2D eigenvalue weighted by Crippen LogP contribution is 2.22. The predicted octanol–water partition coefficient (Wildman–Crippen LogP) is 1.82. The third-order valence-corrected chi connectivity index (χ3v) is 2.75. The number of quaternary nitrogens is 1. The van der Waals surface area contributed by atoms with Crippen LogP contribution in [0.25, 0.3) is 0 Å². The molecule has 0 aliphatic rings. The number of halogens is 2. The zero-order valence-electron chi connectivity index (χ0n) is 10.1. The fourth-order valence-electron chi connectivity index (χ4n) is 0.983. The van der Waals surface area contributed by atoms with E-state index in [0.717, 1.165) is 0 Å². The van der Waals surface area contributed by atoms with Gasteiger partial charge in [0.1, 0.15) is 0 Å². The second-order valence-corrected chi connectivity index (χ2v) is 4.89. The molecule has 0 radical (unpaired) electrons. The molecule has 0 atom stereocenters. The maximum absolute atomic E-state index is 11.4. The van der Waals surface area contributed by atoms with Crippen molar-refractivity contribution in [3.05, 3.63) is 33.8 Å². The molecule has 0 heterocycles. The Labute approximate surface area is 115 Å². The topological polar surface area (TPSA) is 64.7 Å². The molecule has 98 valence electrons. The Morgan fingerprint density at radius 1 is 1.44 bits per heavy atom. The smallest absolute Gasteiger partial charge is 0.372 e. The second-order valence-electron chi connectivity index (χ2n) is 4.08. The van der Waals surface area contributed by atoms with Crippen LogP contribution in [-0.2, 0) is 9.63 Å². The molecule has 0 fully saturated rings. The lowest BCUT2D eigenvalue weighted by atomic mass is 10.2. The first kappa shape index (κ1) is 14.9. The lowest BCUT2D eigenvalue weighted by molar-refractivity contribution is -0.826. The highest BCUT2D eigenvalue weighted by Gasteiger charge is 2.22. The van der Waals surface area contributed by atoms with Gasteiger partial charge in [-0.3, -0.25) is 0 Å². The van der Waals surface area contributed by atoms with Crippen LogP contribution in [0.4, 0.5) is 0 Å². The van der Waals surface area contributed by atoms with Crippen molar-refractivity contribution in [2.45, 2.75) is 0 Å². The van der Waals surface area contributed by atoms with Crippen LogP contribution in [0.3, 0.4) is 0 Å². The molecule has 0 saturated heterocycles. The summed E-state index contributed by atoms with van der Waals surface area (Å²) in [5.74, 6) is 5.23. The first-order chi connectivity index (χ1) is 8.32. The average Bonchev–Trinajstić information content (AvgIpc) is 2.25. The molecule has 0 saturated carbocycles. The van der Waals surface area contributed by atoms with Crippen LogP contribution in [0, 0.1) is 0 Å². The Kier molecular flexibility index (Phi) is 5.10. The van der Waals surface area contributed by atoms with Crippen molar-refractivity contribution in [3.8, 4) is 0 Å². The molecule has 0 aromatic heterocycles. The number of rotatable bonds is 4. The fraction of sp³-hybridized carbons (Fsp3) is 0.273. The molecule has 1 rings (SSSR count). The van der Waals surface area contributed by atoms with Crippen molar-refractivity contribution in [1.82, 2.24) is 0 Å². The van der Waals surface area contributed by atoms with E-state index in [1.165, 1.54) is 6.21 Å². The Balaban J connectivity index is 2.59. The van der Waals surface area contributed by atoms with Crippen LogP contribution in [0.15, 0.2) is 23.4 Å². The minimum absolute atomic E-state index is 0.220. The van der Waals surface area contributed by atoms with Gasteiger partial charge in [-0.15, -0.1) is 0 Å². The van der Waals surface area contributed by atoms with Gasteiger partial charge in [0.2, 0.25) is 6.61 Å². The number of hydrogen-bond donors (Lipinski definition) is 1. The van der Waals surface area contributed by atoms with Crippen molar-refractivity contribution in [1.29, 1.82) is 0 Å². The lowest BCUT2D eigenvalue weighted by Gasteiger charge is -2.17. The Morgan fingerprint density at radius 3 is 2.50 bits per heavy atom. The molecule has 0 unspecified atom stereocenters. The number of oxime groups is 1. The maximum atomic E-state index is 11.4. The van der Waals surface area contributed by atoms with Gasteiger partial charge in [0, 0.05) is 5.56 Å². The molecule has 1 aromatic carbocycles. The summed E-state index contributed by atoms with van der Waals surface area (Å²) in [6.45, 7) is -0.220. The average molecular weight is 291 g/mol. The van der Waals surface area contributed by atoms with Gasteiger partial charge in [0.25, 0.3) is 0 Å². The van der Waals surface area contributed by atoms with Crippen molar-refractivity contribution in [3.63, 3.8) is 0 Å². The number of hydrogen-bond acceptors (Lipinski definition) is 4. The van der Waals surface area contributed by atoms with Gasteiger partial charge in [-0.1, -0.05) is 34.4 Å². The summed E-state index contributed by atoms with van der Waals surface area (Å²) in [4.78, 5) is 16.2. The van der Waals surface area contributed by atoms with Gasteiger partial charge in [0.05, 0.1) is 30.4 Å². The van der Waals surface area contributed by atoms with E-state index >= 15 is 0 Å². The van der Waals surface area contributed by atoms with Gasteiger partial charge in [0.15, 0.2) is 0 Å². The van der Waals surface area contributed by atoms with Crippen LogP contribution in [0.1, 0.15) is 5.56 Å². The Hall–Kier alpha value is -1.14. The summed E-state index contributed by atoms with van der Waals surface area (Å²) in [6, 6.07) is 5.08. The van der Waals surface area contributed by atoms with Crippen LogP contribution in [0.2, 0.25) is 10.0 Å². The van der Waals surface area contributed by atoms with E-state index < -0.39 is 0 Å². The summed E-state index contributed by atoms with van der Waals surface area (Å²) in [7, 11) is 3.08. The number of amides is 1. The maximum Gasteiger partial charge on any atom is 0.372 e. The van der Waals surface area contributed by atoms with E-state index in [1.54, 1.807) is 32.3 Å². The molecule has 18 heavy (non-hydrogen) atoms. The molecular formula is C11H14Cl2N3O2+. The summed E-state index contributed by atoms with van der Waals surface area (Å²) in [6.07, 6.45) is 1.36. The van der Waals surface area contributed by atoms with E-state index in [4.69, 9.17) is 33.9 Å². The molecule has 0 bridgehead atoms. The Morgan fingerprint density at radius 2 is 2.00 bits per heavy atom. The van der Waals surface area contributed by atoms with Crippen LogP contribution >= 0.6 is 23.2 Å². The first-order valence-corrected chi connectivity index (χ1v) is 5.83. The van der Waals surface area contributed by atoms with Crippen molar-refractivity contribution < 1.29 is 14.2 Å². The summed E-state index contributed by atoms with van der Waals surface area (Å²) in [5, 5.41) is 4.55. The van der Waals surface area contributed by atoms with Crippen molar-refractivity contribution >= 4 is 35.3 Å². The van der Waals surface area contributed by atoms with Gasteiger partial charge in [-0.05, 0) is 12.1 Å². The first-order valence-electron chi connectivity index (χ1n) is 5.07. The third-order valence-electron chi connectivity index (χ3n) is 2.09. The molecule has 1 amide bonds. The molecule has 0 aliphatic heterocycles. The molecule has 0 aliphatic carbocycles. The third kappa shape index (κ3) is 4.27. The van der Waals surface area contributed by atoms with E-state index in [9.17, 15) is 4.79 Å².